The third kappa shape index (κ3) is 2.87. The molecule has 0 saturated carbocycles. The quantitative estimate of drug-likeness (QED) is 0.858. The molecule has 0 aliphatic carbocycles. The van der Waals surface area contributed by atoms with Crippen molar-refractivity contribution in [3.05, 3.63) is 23.4 Å². The van der Waals surface area contributed by atoms with Crippen molar-refractivity contribution in [2.24, 2.45) is 0 Å². The second-order valence-electron chi connectivity index (χ2n) is 5.83. The number of hydrogen-bond donors (Lipinski definition) is 0. The van der Waals surface area contributed by atoms with Crippen LogP contribution in [0.5, 0.6) is 5.88 Å². The molecule has 2 aliphatic heterocycles. The van der Waals surface area contributed by atoms with Gasteiger partial charge < -0.3 is 9.47 Å². The van der Waals surface area contributed by atoms with E-state index in [-0.39, 0.29) is 18.0 Å². The van der Waals surface area contributed by atoms with Crippen molar-refractivity contribution < 1.29 is 18.3 Å². The molecule has 1 fully saturated rings. The first-order valence-corrected chi connectivity index (χ1v) is 7.38. The topological polar surface area (TPSA) is 34.6 Å². The van der Waals surface area contributed by atoms with E-state index in [0.29, 0.717) is 18.3 Å². The van der Waals surface area contributed by atoms with Crippen molar-refractivity contribution in [3.8, 4) is 5.88 Å². The summed E-state index contributed by atoms with van der Waals surface area (Å²) in [4.78, 5) is 6.59. The van der Waals surface area contributed by atoms with Crippen molar-refractivity contribution in [1.29, 1.82) is 0 Å². The summed E-state index contributed by atoms with van der Waals surface area (Å²) in [5, 5.41) is 0. The lowest BCUT2D eigenvalue weighted by Gasteiger charge is -2.46. The number of alkyl halides is 2. The Bertz CT molecular complexity index is 510. The molecule has 2 atom stereocenters. The van der Waals surface area contributed by atoms with Crippen LogP contribution in [0.15, 0.2) is 12.1 Å². The molecule has 1 aromatic heterocycles. The molecule has 2 aliphatic rings. The molecule has 1 saturated heterocycles. The number of ether oxygens (including phenoxy) is 2. The molecule has 21 heavy (non-hydrogen) atoms. The van der Waals surface area contributed by atoms with Gasteiger partial charge in [-0.15, -0.1) is 0 Å². The van der Waals surface area contributed by atoms with Gasteiger partial charge in [0.1, 0.15) is 0 Å². The molecule has 4 nitrogen and oxygen atoms in total. The zero-order valence-corrected chi connectivity index (χ0v) is 12.3. The first kappa shape index (κ1) is 14.7. The Morgan fingerprint density at radius 1 is 1.38 bits per heavy atom. The highest BCUT2D eigenvalue weighted by molar-refractivity contribution is 5.31. The highest BCUT2D eigenvalue weighted by Crippen LogP contribution is 2.40. The van der Waals surface area contributed by atoms with Crippen LogP contribution in [0.25, 0.3) is 0 Å². The summed E-state index contributed by atoms with van der Waals surface area (Å²) in [6.07, 6.45) is 2.31. The van der Waals surface area contributed by atoms with Crippen LogP contribution in [0.4, 0.5) is 8.78 Å². The van der Waals surface area contributed by atoms with E-state index in [9.17, 15) is 8.78 Å². The Hall–Kier alpha value is -1.27. The van der Waals surface area contributed by atoms with Crippen molar-refractivity contribution in [1.82, 2.24) is 9.88 Å². The number of pyridine rings is 1. The SMILES string of the molecule is CC(C)N1CCCC2OCc3nc(OC(F)F)ccc3C21. The normalized spacial score (nSPS) is 25.8. The molecule has 3 heterocycles. The Morgan fingerprint density at radius 3 is 2.90 bits per heavy atom. The van der Waals surface area contributed by atoms with Crippen LogP contribution in [0.3, 0.4) is 0 Å². The predicted molar refractivity (Wildman–Crippen MR) is 73.3 cm³/mol. The fourth-order valence-corrected chi connectivity index (χ4v) is 3.34. The zero-order chi connectivity index (χ0) is 15.0. The van der Waals surface area contributed by atoms with Crippen LogP contribution in [-0.2, 0) is 11.3 Å². The first-order chi connectivity index (χ1) is 10.1. The fraction of sp³-hybridized carbons (Fsp3) is 0.667. The molecule has 0 radical (unpaired) electrons. The van der Waals surface area contributed by atoms with E-state index in [1.165, 1.54) is 6.07 Å². The Kier molecular flexibility index (Phi) is 4.08. The van der Waals surface area contributed by atoms with E-state index in [4.69, 9.17) is 4.74 Å². The van der Waals surface area contributed by atoms with Crippen LogP contribution in [-0.4, -0.2) is 35.2 Å². The van der Waals surface area contributed by atoms with E-state index < -0.39 is 6.61 Å². The second kappa shape index (κ2) is 5.85. The third-order valence-electron chi connectivity index (χ3n) is 4.22. The minimum Gasteiger partial charge on any atom is -0.417 e. The fourth-order valence-electron chi connectivity index (χ4n) is 3.34. The maximum atomic E-state index is 12.3. The van der Waals surface area contributed by atoms with E-state index in [1.807, 2.05) is 6.07 Å². The van der Waals surface area contributed by atoms with Gasteiger partial charge in [0.2, 0.25) is 5.88 Å². The summed E-state index contributed by atoms with van der Waals surface area (Å²) >= 11 is 0. The van der Waals surface area contributed by atoms with E-state index >= 15 is 0 Å². The molecular weight excluding hydrogens is 278 g/mol. The van der Waals surface area contributed by atoms with Crippen LogP contribution < -0.4 is 4.74 Å². The smallest absolute Gasteiger partial charge is 0.388 e. The van der Waals surface area contributed by atoms with Gasteiger partial charge in [0, 0.05) is 12.1 Å². The van der Waals surface area contributed by atoms with Gasteiger partial charge in [0.25, 0.3) is 0 Å². The summed E-state index contributed by atoms with van der Waals surface area (Å²) in [6, 6.07) is 3.96. The van der Waals surface area contributed by atoms with Crippen LogP contribution in [0, 0.1) is 0 Å². The van der Waals surface area contributed by atoms with Gasteiger partial charge in [0.05, 0.1) is 24.4 Å². The van der Waals surface area contributed by atoms with Crippen molar-refractivity contribution >= 4 is 0 Å². The second-order valence-corrected chi connectivity index (χ2v) is 5.83. The lowest BCUT2D eigenvalue weighted by molar-refractivity contribution is -0.0785. The maximum absolute atomic E-state index is 12.3. The van der Waals surface area contributed by atoms with E-state index in [1.54, 1.807) is 0 Å². The zero-order valence-electron chi connectivity index (χ0n) is 12.3. The molecule has 0 amide bonds. The number of hydrogen-bond acceptors (Lipinski definition) is 4. The predicted octanol–water partition coefficient (Wildman–Crippen LogP) is 3.13. The van der Waals surface area contributed by atoms with Crippen LogP contribution in [0.1, 0.15) is 44.0 Å². The monoisotopic (exact) mass is 298 g/mol. The van der Waals surface area contributed by atoms with Crippen molar-refractivity contribution in [3.63, 3.8) is 0 Å². The van der Waals surface area contributed by atoms with Gasteiger partial charge in [-0.1, -0.05) is 6.07 Å². The molecule has 116 valence electrons. The Balaban J connectivity index is 1.92. The largest absolute Gasteiger partial charge is 0.417 e. The highest BCUT2D eigenvalue weighted by Gasteiger charge is 2.39. The van der Waals surface area contributed by atoms with E-state index in [0.717, 1.165) is 24.9 Å². The molecule has 6 heteroatoms. The van der Waals surface area contributed by atoms with Gasteiger partial charge in [-0.3, -0.25) is 4.90 Å². The molecular formula is C15H20F2N2O2. The molecule has 2 unspecified atom stereocenters. The lowest BCUT2D eigenvalue weighted by Crippen LogP contribution is -2.48. The molecule has 3 rings (SSSR count). The minimum absolute atomic E-state index is 0.0438. The Morgan fingerprint density at radius 2 is 2.19 bits per heavy atom. The number of fused-ring (bicyclic) bond motifs is 3. The number of halogens is 2. The molecule has 0 N–H and O–H groups in total. The third-order valence-corrected chi connectivity index (χ3v) is 4.22. The first-order valence-electron chi connectivity index (χ1n) is 7.38. The summed E-state index contributed by atoms with van der Waals surface area (Å²) in [5.74, 6) is -0.0438. The summed E-state index contributed by atoms with van der Waals surface area (Å²) < 4.78 is 34.9. The number of rotatable bonds is 3. The average Bonchev–Trinajstić information content (AvgIpc) is 2.45. The highest BCUT2D eigenvalue weighted by atomic mass is 19.3. The number of likely N-dealkylation sites (tertiary alicyclic amines) is 1. The van der Waals surface area contributed by atoms with Gasteiger partial charge in [-0.2, -0.15) is 8.78 Å². The average molecular weight is 298 g/mol. The van der Waals surface area contributed by atoms with Crippen molar-refractivity contribution in [2.45, 2.75) is 58.1 Å². The van der Waals surface area contributed by atoms with Gasteiger partial charge in [0.15, 0.2) is 0 Å². The number of piperidine rings is 1. The molecule has 0 bridgehead atoms. The molecule has 0 spiro atoms. The summed E-state index contributed by atoms with van der Waals surface area (Å²) in [6.45, 7) is 2.87. The number of aromatic nitrogens is 1. The summed E-state index contributed by atoms with van der Waals surface area (Å²) in [7, 11) is 0. The Labute approximate surface area is 123 Å². The van der Waals surface area contributed by atoms with E-state index in [2.05, 4.69) is 28.5 Å². The van der Waals surface area contributed by atoms with Crippen LogP contribution >= 0.6 is 0 Å². The standard InChI is InChI=1S/C15H20F2N2O2/c1-9(2)19-7-3-4-12-14(19)10-5-6-13(21-15(16)17)18-11(10)8-20-12/h5-6,9,12,14-15H,3-4,7-8H2,1-2H3. The minimum atomic E-state index is -2.85. The van der Waals surface area contributed by atoms with Gasteiger partial charge in [-0.25, -0.2) is 4.98 Å². The van der Waals surface area contributed by atoms with Crippen molar-refractivity contribution in [2.75, 3.05) is 6.54 Å². The van der Waals surface area contributed by atoms with Crippen LogP contribution in [0.2, 0.25) is 0 Å². The molecule has 1 aromatic rings. The van der Waals surface area contributed by atoms with Gasteiger partial charge in [-0.05, 0) is 38.8 Å². The summed E-state index contributed by atoms with van der Waals surface area (Å²) in [5.41, 5.74) is 1.79. The lowest BCUT2D eigenvalue weighted by atomic mass is 9.88. The number of nitrogens with zero attached hydrogens (tertiary/aromatic N) is 2. The maximum Gasteiger partial charge on any atom is 0.388 e. The molecule has 0 aromatic carbocycles. The van der Waals surface area contributed by atoms with Gasteiger partial charge >= 0.3 is 6.61 Å².